The Hall–Kier alpha value is -6.48. The van der Waals surface area contributed by atoms with Gasteiger partial charge in [-0.3, -0.25) is 4.79 Å². The van der Waals surface area contributed by atoms with Crippen molar-refractivity contribution in [2.45, 2.75) is 56.0 Å². The monoisotopic (exact) mass is 1100 g/mol. The van der Waals surface area contributed by atoms with Crippen LogP contribution < -0.4 is 26.4 Å². The number of ketones is 1. The average molecular weight is 1100 g/mol. The number of nitrogens with zero attached hydrogens (tertiary/aromatic N) is 2. The largest absolute Gasteiger partial charge is 0.416 e. The standard InChI is InChI=1S/C32H12BF24.C12H10ClN2O/c34-25(35,36)13-1-14(26(37,38)39)6-21(5-13)33(22-7-15(27(40,41)42)2-16(8-22)28(43,44)45,23-9-17(29(46,47)48)3-18(10-23)30(49,50)51)24-11-19(31(52,53)54)4-20(12-24)32(55,56)57;13-12-9-15(7-6-14-12)8-11(16)10-4-2-1-3-5-10/h1-12H;1-7,9H,8H2/q-1;+1. The fourth-order valence-electron chi connectivity index (χ4n) is 7.45. The molecule has 29 heteroatoms. The van der Waals surface area contributed by atoms with E-state index in [4.69, 9.17) is 11.6 Å². The first-order chi connectivity index (χ1) is 33.0. The van der Waals surface area contributed by atoms with E-state index in [0.29, 0.717) is 10.7 Å². The van der Waals surface area contributed by atoms with E-state index >= 15 is 0 Å². The summed E-state index contributed by atoms with van der Waals surface area (Å²) in [7, 11) is 0. The van der Waals surface area contributed by atoms with Crippen LogP contribution in [0, 0.1) is 0 Å². The zero-order valence-electron chi connectivity index (χ0n) is 35.1. The maximum Gasteiger partial charge on any atom is 0.416 e. The van der Waals surface area contributed by atoms with Crippen LogP contribution in [0.5, 0.6) is 0 Å². The Morgan fingerprint density at radius 1 is 0.411 bits per heavy atom. The fourth-order valence-corrected chi connectivity index (χ4v) is 7.64. The molecule has 0 aliphatic heterocycles. The van der Waals surface area contributed by atoms with Gasteiger partial charge in [-0.05, 0) is 24.3 Å². The van der Waals surface area contributed by atoms with Gasteiger partial charge in [0, 0.05) is 5.56 Å². The molecule has 0 N–H and O–H groups in total. The van der Waals surface area contributed by atoms with Gasteiger partial charge < -0.3 is 0 Å². The van der Waals surface area contributed by atoms with E-state index in [1.165, 1.54) is 0 Å². The molecule has 0 aliphatic carbocycles. The second kappa shape index (κ2) is 19.8. The summed E-state index contributed by atoms with van der Waals surface area (Å²) < 4.78 is 343. The van der Waals surface area contributed by atoms with E-state index in [0.717, 1.165) is 0 Å². The molecule has 0 aliphatic rings. The maximum atomic E-state index is 14.2. The van der Waals surface area contributed by atoms with Crippen LogP contribution in [-0.4, -0.2) is 16.9 Å². The van der Waals surface area contributed by atoms with Crippen molar-refractivity contribution in [3.8, 4) is 0 Å². The first-order valence-electron chi connectivity index (χ1n) is 19.5. The third-order valence-electron chi connectivity index (χ3n) is 10.6. The van der Waals surface area contributed by atoms with Crippen LogP contribution in [0.1, 0.15) is 54.9 Å². The predicted molar refractivity (Wildman–Crippen MR) is 210 cm³/mol. The molecular formula is C44H22BClF24N2O. The van der Waals surface area contributed by atoms with Crippen LogP contribution >= 0.6 is 11.6 Å². The first-order valence-corrected chi connectivity index (χ1v) is 19.8. The van der Waals surface area contributed by atoms with Gasteiger partial charge in [-0.2, -0.15) is 132 Å². The summed E-state index contributed by atoms with van der Waals surface area (Å²) in [4.78, 5) is 15.7. The van der Waals surface area contributed by atoms with Crippen molar-refractivity contribution >= 4 is 45.4 Å². The summed E-state index contributed by atoms with van der Waals surface area (Å²) in [5.41, 5.74) is -29.5. The highest BCUT2D eigenvalue weighted by atomic mass is 35.5. The van der Waals surface area contributed by atoms with Gasteiger partial charge >= 0.3 is 49.4 Å². The zero-order valence-corrected chi connectivity index (χ0v) is 35.8. The molecule has 0 saturated heterocycles. The summed E-state index contributed by atoms with van der Waals surface area (Å²) in [6.45, 7) is 0.270. The lowest BCUT2D eigenvalue weighted by atomic mass is 9.12. The van der Waals surface area contributed by atoms with Gasteiger partial charge in [0.2, 0.25) is 18.5 Å². The van der Waals surface area contributed by atoms with Crippen LogP contribution in [0.2, 0.25) is 5.15 Å². The minimum absolute atomic E-state index is 0.0490. The molecule has 6 rings (SSSR count). The van der Waals surface area contributed by atoms with Crippen LogP contribution in [0.4, 0.5) is 105 Å². The number of halogens is 25. The SMILES string of the molecule is FC(F)(F)c1cc([B-](c2cc(C(F)(F)F)cc(C(F)(F)F)c2)(c2cc(C(F)(F)F)cc(C(F)(F)F)c2)c2cc(C(F)(F)F)cc(C(F)(F)F)c2)cc(C(F)(F)F)c1.O=C(C[n+]1ccnc(Cl)c1)c1ccccc1. The summed E-state index contributed by atoms with van der Waals surface area (Å²) in [5, 5.41) is 0.378. The Balaban J connectivity index is 0.000000520. The zero-order chi connectivity index (χ0) is 55.3. The third-order valence-corrected chi connectivity index (χ3v) is 10.8. The van der Waals surface area contributed by atoms with Crippen LogP contribution in [-0.2, 0) is 56.0 Å². The van der Waals surface area contributed by atoms with Gasteiger partial charge in [0.15, 0.2) is 11.3 Å². The summed E-state index contributed by atoms with van der Waals surface area (Å²) in [6.07, 6.45) is -49.9. The molecule has 6 aromatic rings. The molecule has 0 saturated carbocycles. The number of aromatic nitrogens is 2. The van der Waals surface area contributed by atoms with E-state index < -0.39 is 195 Å². The average Bonchev–Trinajstić information content (AvgIpc) is 3.24. The molecule has 5 aromatic carbocycles. The van der Waals surface area contributed by atoms with Crippen molar-refractivity contribution in [1.82, 2.24) is 4.98 Å². The lowest BCUT2D eigenvalue weighted by Gasteiger charge is -2.46. The van der Waals surface area contributed by atoms with E-state index in [-0.39, 0.29) is 12.3 Å². The van der Waals surface area contributed by atoms with Crippen molar-refractivity contribution in [3.05, 3.63) is 177 Å². The molecular weight excluding hydrogens is 1070 g/mol. The highest BCUT2D eigenvalue weighted by molar-refractivity contribution is 7.20. The normalized spacial score (nSPS) is 13.4. The lowest BCUT2D eigenvalue weighted by molar-refractivity contribution is -0.683. The van der Waals surface area contributed by atoms with Crippen molar-refractivity contribution < 1.29 is 115 Å². The number of carbonyl (C=O) groups excluding carboxylic acids is 1. The van der Waals surface area contributed by atoms with Crippen molar-refractivity contribution in [2.75, 3.05) is 0 Å². The van der Waals surface area contributed by atoms with E-state index in [9.17, 15) is 110 Å². The molecule has 392 valence electrons. The Kier molecular flexibility index (Phi) is 15.5. The quantitative estimate of drug-likeness (QED) is 0.0691. The van der Waals surface area contributed by atoms with Gasteiger partial charge in [0.25, 0.3) is 0 Å². The predicted octanol–water partition coefficient (Wildman–Crippen LogP) is 13.1. The highest BCUT2D eigenvalue weighted by Gasteiger charge is 2.47. The summed E-state index contributed by atoms with van der Waals surface area (Å²) in [6, 6.07) is 0.356. The molecule has 0 fully saturated rings. The summed E-state index contributed by atoms with van der Waals surface area (Å²) >= 11 is 5.73. The smallest absolute Gasteiger partial charge is 0.287 e. The second-order valence-corrected chi connectivity index (χ2v) is 16.0. The molecule has 1 aromatic heterocycles. The van der Waals surface area contributed by atoms with Crippen molar-refractivity contribution in [1.29, 1.82) is 0 Å². The Bertz CT molecular complexity index is 2530. The first kappa shape index (κ1) is 57.4. The third kappa shape index (κ3) is 13.6. The lowest BCUT2D eigenvalue weighted by Crippen LogP contribution is -2.75. The number of hydrogen-bond acceptors (Lipinski definition) is 2. The molecule has 0 atom stereocenters. The van der Waals surface area contributed by atoms with E-state index in [1.807, 2.05) is 18.2 Å². The van der Waals surface area contributed by atoms with Gasteiger partial charge in [-0.1, -0.05) is 90.5 Å². The molecule has 0 bridgehead atoms. The molecule has 0 amide bonds. The van der Waals surface area contributed by atoms with Crippen molar-refractivity contribution in [2.24, 2.45) is 0 Å². The highest BCUT2D eigenvalue weighted by Crippen LogP contribution is 2.41. The Morgan fingerprint density at radius 3 is 0.877 bits per heavy atom. The topological polar surface area (TPSA) is 33.8 Å². The number of rotatable bonds is 7. The van der Waals surface area contributed by atoms with Gasteiger partial charge in [0.05, 0.1) is 50.7 Å². The number of hydrogen-bond donors (Lipinski definition) is 0. The van der Waals surface area contributed by atoms with Gasteiger partial charge in [-0.15, -0.1) is 0 Å². The summed E-state index contributed by atoms with van der Waals surface area (Å²) in [5.74, 6) is 0.0490. The van der Waals surface area contributed by atoms with Crippen LogP contribution in [0.3, 0.4) is 0 Å². The van der Waals surface area contributed by atoms with Gasteiger partial charge in [-0.25, -0.2) is 4.98 Å². The molecule has 3 nitrogen and oxygen atoms in total. The molecule has 0 radical (unpaired) electrons. The molecule has 1 heterocycles. The molecule has 0 spiro atoms. The van der Waals surface area contributed by atoms with Crippen LogP contribution in [0.15, 0.2) is 122 Å². The number of carbonyl (C=O) groups is 1. The fraction of sp³-hybridized carbons (Fsp3) is 0.205. The number of benzene rings is 5. The van der Waals surface area contributed by atoms with E-state index in [1.54, 1.807) is 35.3 Å². The maximum absolute atomic E-state index is 14.2. The second-order valence-electron chi connectivity index (χ2n) is 15.6. The Morgan fingerprint density at radius 2 is 0.658 bits per heavy atom. The molecule has 73 heavy (non-hydrogen) atoms. The van der Waals surface area contributed by atoms with E-state index in [2.05, 4.69) is 4.98 Å². The van der Waals surface area contributed by atoms with Gasteiger partial charge in [0.1, 0.15) is 6.15 Å². The number of Topliss-reactive ketones (excluding diaryl/α,β-unsaturated/α-hetero) is 1. The Labute approximate surface area is 397 Å². The minimum Gasteiger partial charge on any atom is -0.287 e. The minimum atomic E-state index is -6.13. The van der Waals surface area contributed by atoms with Crippen molar-refractivity contribution in [3.63, 3.8) is 0 Å². The van der Waals surface area contributed by atoms with Crippen LogP contribution in [0.25, 0.3) is 0 Å². The number of alkyl halides is 24. The molecule has 0 unspecified atom stereocenters.